The Balaban J connectivity index is 2.84. The van der Waals surface area contributed by atoms with Crippen LogP contribution in [0.5, 0.6) is 0 Å². The van der Waals surface area contributed by atoms with Crippen LogP contribution in [0.25, 0.3) is 0 Å². The number of halogens is 2. The summed E-state index contributed by atoms with van der Waals surface area (Å²) >= 11 is 4.52. The Bertz CT molecular complexity index is 96.9. The Hall–Kier alpha value is 1.42. The molecule has 0 saturated carbocycles. The molecular weight excluding hydrogens is 390 g/mol. The highest BCUT2D eigenvalue weighted by molar-refractivity contribution is 14.1. The molecule has 0 heterocycles. The summed E-state index contributed by atoms with van der Waals surface area (Å²) in [5.41, 5.74) is 0. The first kappa shape index (κ1) is 14.4. The lowest BCUT2D eigenvalue weighted by atomic mass is 10.1. The number of alkyl halides is 2. The molecule has 13 heavy (non-hydrogen) atoms. The fourth-order valence-electron chi connectivity index (χ4n) is 1.29. The zero-order chi connectivity index (χ0) is 9.94. The molecule has 80 valence electrons. The molecule has 0 bridgehead atoms. The van der Waals surface area contributed by atoms with E-state index in [0.717, 1.165) is 6.42 Å². The summed E-state index contributed by atoms with van der Waals surface area (Å²) in [6.45, 7) is 0. The summed E-state index contributed by atoms with van der Waals surface area (Å²) in [5.74, 6) is 0. The molecular formula is C10H20I2O. The molecule has 0 rings (SSSR count). The van der Waals surface area contributed by atoms with Crippen molar-refractivity contribution < 1.29 is 5.11 Å². The Morgan fingerprint density at radius 1 is 0.846 bits per heavy atom. The summed E-state index contributed by atoms with van der Waals surface area (Å²) in [6.07, 6.45) is 10.4. The van der Waals surface area contributed by atoms with E-state index in [0.29, 0.717) is 0 Å². The van der Waals surface area contributed by atoms with Gasteiger partial charge in [-0.1, -0.05) is 83.7 Å². The lowest BCUT2D eigenvalue weighted by Crippen LogP contribution is -1.93. The second kappa shape index (κ2) is 11.5. The second-order valence-corrected chi connectivity index (χ2v) is 5.90. The van der Waals surface area contributed by atoms with E-state index in [2.05, 4.69) is 45.2 Å². The van der Waals surface area contributed by atoms with Crippen molar-refractivity contribution in [3.8, 4) is 0 Å². The largest absolute Gasteiger partial charge is 0.383 e. The summed E-state index contributed by atoms with van der Waals surface area (Å²) in [6, 6.07) is 0. The maximum Gasteiger partial charge on any atom is 0.105 e. The SMILES string of the molecule is OC(I)CCCCCCCCCI. The van der Waals surface area contributed by atoms with Crippen molar-refractivity contribution in [3.63, 3.8) is 0 Å². The highest BCUT2D eigenvalue weighted by Crippen LogP contribution is 2.12. The lowest BCUT2D eigenvalue weighted by molar-refractivity contribution is 0.263. The van der Waals surface area contributed by atoms with Crippen LogP contribution in [-0.4, -0.2) is 13.6 Å². The van der Waals surface area contributed by atoms with Crippen molar-refractivity contribution in [1.82, 2.24) is 0 Å². The van der Waals surface area contributed by atoms with E-state index < -0.39 is 0 Å². The standard InChI is InChI=1S/C10H20I2O/c11-9-7-5-3-1-2-4-6-8-10(12)13/h10,13H,1-9H2. The summed E-state index contributed by atoms with van der Waals surface area (Å²) in [4.78, 5) is 0. The van der Waals surface area contributed by atoms with Gasteiger partial charge < -0.3 is 5.11 Å². The normalized spacial score (nSPS) is 13.2. The molecule has 0 aliphatic rings. The first-order chi connectivity index (χ1) is 6.27. The monoisotopic (exact) mass is 410 g/mol. The van der Waals surface area contributed by atoms with E-state index in [4.69, 9.17) is 5.11 Å². The third kappa shape index (κ3) is 13.4. The topological polar surface area (TPSA) is 20.2 Å². The first-order valence-electron chi connectivity index (χ1n) is 5.15. The fraction of sp³-hybridized carbons (Fsp3) is 1.00. The van der Waals surface area contributed by atoms with Crippen LogP contribution in [-0.2, 0) is 0 Å². The number of rotatable bonds is 9. The van der Waals surface area contributed by atoms with Gasteiger partial charge in [0.2, 0.25) is 0 Å². The van der Waals surface area contributed by atoms with E-state index in [9.17, 15) is 0 Å². The Morgan fingerprint density at radius 3 is 1.77 bits per heavy atom. The number of hydrogen-bond acceptors (Lipinski definition) is 1. The fourth-order valence-corrected chi connectivity index (χ4v) is 2.27. The van der Waals surface area contributed by atoms with Crippen LogP contribution in [0.3, 0.4) is 0 Å². The van der Waals surface area contributed by atoms with Crippen molar-refractivity contribution in [1.29, 1.82) is 0 Å². The van der Waals surface area contributed by atoms with Crippen molar-refractivity contribution in [2.24, 2.45) is 0 Å². The van der Waals surface area contributed by atoms with Crippen LogP contribution in [0.1, 0.15) is 51.4 Å². The molecule has 0 aliphatic heterocycles. The quantitative estimate of drug-likeness (QED) is 0.342. The molecule has 1 unspecified atom stereocenters. The smallest absolute Gasteiger partial charge is 0.105 e. The van der Waals surface area contributed by atoms with E-state index in [1.54, 1.807) is 0 Å². The van der Waals surface area contributed by atoms with Crippen LogP contribution < -0.4 is 0 Å². The van der Waals surface area contributed by atoms with E-state index in [-0.39, 0.29) is 4.11 Å². The highest BCUT2D eigenvalue weighted by Gasteiger charge is 1.96. The summed E-state index contributed by atoms with van der Waals surface area (Å²) in [7, 11) is 0. The molecule has 1 nitrogen and oxygen atoms in total. The molecule has 0 aromatic rings. The average molecular weight is 410 g/mol. The molecule has 0 aromatic heterocycles. The average Bonchev–Trinajstić information content (AvgIpc) is 2.09. The second-order valence-electron chi connectivity index (χ2n) is 3.39. The van der Waals surface area contributed by atoms with Gasteiger partial charge in [-0.2, -0.15) is 0 Å². The first-order valence-corrected chi connectivity index (χ1v) is 7.92. The molecule has 0 fully saturated rings. The molecule has 0 aromatic carbocycles. The minimum Gasteiger partial charge on any atom is -0.383 e. The van der Waals surface area contributed by atoms with Crippen LogP contribution in [0, 0.1) is 0 Å². The molecule has 1 N–H and O–H groups in total. The third-order valence-electron chi connectivity index (χ3n) is 2.08. The minimum absolute atomic E-state index is 0.128. The van der Waals surface area contributed by atoms with Crippen LogP contribution in [0.15, 0.2) is 0 Å². The number of aliphatic hydroxyl groups is 1. The molecule has 0 spiro atoms. The number of unbranched alkanes of at least 4 members (excludes halogenated alkanes) is 6. The molecule has 0 amide bonds. The summed E-state index contributed by atoms with van der Waals surface area (Å²) in [5, 5.41) is 9.01. The molecule has 0 radical (unpaired) electrons. The van der Waals surface area contributed by atoms with Gasteiger partial charge in [0.05, 0.1) is 0 Å². The van der Waals surface area contributed by atoms with Gasteiger partial charge >= 0.3 is 0 Å². The zero-order valence-electron chi connectivity index (χ0n) is 8.14. The van der Waals surface area contributed by atoms with Gasteiger partial charge in [0.1, 0.15) is 4.11 Å². The van der Waals surface area contributed by atoms with Crippen molar-refractivity contribution in [2.75, 3.05) is 4.43 Å². The van der Waals surface area contributed by atoms with E-state index in [1.165, 1.54) is 49.4 Å². The third-order valence-corrected chi connectivity index (χ3v) is 3.46. The van der Waals surface area contributed by atoms with Gasteiger partial charge in [0.15, 0.2) is 0 Å². The zero-order valence-corrected chi connectivity index (χ0v) is 12.5. The Morgan fingerprint density at radius 2 is 1.31 bits per heavy atom. The predicted molar refractivity (Wildman–Crippen MR) is 75.8 cm³/mol. The summed E-state index contributed by atoms with van der Waals surface area (Å²) < 4.78 is 1.18. The number of hydrogen-bond donors (Lipinski definition) is 1. The maximum atomic E-state index is 9.01. The van der Waals surface area contributed by atoms with Crippen LogP contribution in [0.2, 0.25) is 0 Å². The van der Waals surface area contributed by atoms with Crippen molar-refractivity contribution in [2.45, 2.75) is 55.5 Å². The number of aliphatic hydroxyl groups excluding tert-OH is 1. The lowest BCUT2D eigenvalue weighted by Gasteiger charge is -2.02. The molecule has 1 atom stereocenters. The van der Waals surface area contributed by atoms with E-state index in [1.807, 2.05) is 0 Å². The van der Waals surface area contributed by atoms with Gasteiger partial charge in [0, 0.05) is 0 Å². The van der Waals surface area contributed by atoms with Crippen molar-refractivity contribution in [3.05, 3.63) is 0 Å². The predicted octanol–water partition coefficient (Wildman–Crippen LogP) is 4.30. The van der Waals surface area contributed by atoms with Gasteiger partial charge in [-0.25, -0.2) is 0 Å². The molecule has 0 saturated heterocycles. The van der Waals surface area contributed by atoms with Crippen LogP contribution in [0.4, 0.5) is 0 Å². The highest BCUT2D eigenvalue weighted by atomic mass is 127. The Kier molecular flexibility index (Phi) is 12.8. The molecule has 0 aliphatic carbocycles. The van der Waals surface area contributed by atoms with Gasteiger partial charge in [-0.3, -0.25) is 0 Å². The van der Waals surface area contributed by atoms with Gasteiger partial charge in [-0.05, 0) is 17.3 Å². The molecule has 3 heteroatoms. The van der Waals surface area contributed by atoms with E-state index >= 15 is 0 Å². The van der Waals surface area contributed by atoms with Gasteiger partial charge in [0.25, 0.3) is 0 Å². The van der Waals surface area contributed by atoms with Crippen LogP contribution >= 0.6 is 45.2 Å². The maximum absolute atomic E-state index is 9.01. The van der Waals surface area contributed by atoms with Gasteiger partial charge in [-0.15, -0.1) is 0 Å². The minimum atomic E-state index is -0.128. The Labute approximate surface area is 109 Å². The van der Waals surface area contributed by atoms with Crippen molar-refractivity contribution >= 4 is 45.2 Å².